The minimum atomic E-state index is -1.09. The first kappa shape index (κ1) is 24.4. The molecule has 0 unspecified atom stereocenters. The Bertz CT molecular complexity index is 1190. The van der Waals surface area contributed by atoms with Crippen molar-refractivity contribution in [3.63, 3.8) is 0 Å². The SMILES string of the molecule is Cc1ccc([C@H]2CCC[C@H](c3ccc(CC(=O)Cc4cccc(NC5CC(C)(F)C5)n4)nn3)C2)nn1. The number of hydrogen-bond acceptors (Lipinski definition) is 7. The number of anilines is 1. The van der Waals surface area contributed by atoms with Gasteiger partial charge in [-0.25, -0.2) is 9.37 Å². The predicted octanol–water partition coefficient (Wildman–Crippen LogP) is 5.07. The number of rotatable bonds is 8. The van der Waals surface area contributed by atoms with E-state index in [0.717, 1.165) is 42.8 Å². The molecule has 3 aromatic rings. The molecular formula is C28H33FN6O. The molecule has 0 radical (unpaired) electrons. The van der Waals surface area contributed by atoms with Gasteiger partial charge in [0.25, 0.3) is 0 Å². The summed E-state index contributed by atoms with van der Waals surface area (Å²) in [6.45, 7) is 3.57. The molecule has 2 atom stereocenters. The molecular weight excluding hydrogens is 455 g/mol. The smallest absolute Gasteiger partial charge is 0.144 e. The van der Waals surface area contributed by atoms with Gasteiger partial charge in [-0.2, -0.15) is 20.4 Å². The third-order valence-electron chi connectivity index (χ3n) is 7.33. The van der Waals surface area contributed by atoms with E-state index in [1.54, 1.807) is 6.92 Å². The van der Waals surface area contributed by atoms with Gasteiger partial charge < -0.3 is 5.32 Å². The molecule has 36 heavy (non-hydrogen) atoms. The molecule has 3 heterocycles. The number of nitrogens with zero attached hydrogens (tertiary/aromatic N) is 5. The maximum absolute atomic E-state index is 13.7. The first-order chi connectivity index (χ1) is 17.3. The zero-order valence-electron chi connectivity index (χ0n) is 21.0. The van der Waals surface area contributed by atoms with Gasteiger partial charge >= 0.3 is 0 Å². The Balaban J connectivity index is 1.14. The Hall–Kier alpha value is -3.29. The van der Waals surface area contributed by atoms with Crippen molar-refractivity contribution >= 4 is 11.6 Å². The van der Waals surface area contributed by atoms with Crippen LogP contribution in [0.15, 0.2) is 42.5 Å². The van der Waals surface area contributed by atoms with Crippen molar-refractivity contribution in [2.24, 2.45) is 0 Å². The molecule has 3 aromatic heterocycles. The summed E-state index contributed by atoms with van der Waals surface area (Å²) in [5.74, 6) is 1.46. The quantitative estimate of drug-likeness (QED) is 0.473. The summed E-state index contributed by atoms with van der Waals surface area (Å²) in [5, 5.41) is 20.7. The van der Waals surface area contributed by atoms with Crippen LogP contribution in [-0.2, 0) is 17.6 Å². The standard InChI is InChI=1S/C28H33FN6O/c1-18-9-11-25(34-32-18)19-5-3-6-20(13-19)26-12-10-22(33-35-26)15-24(36)14-21-7-4-8-27(30-21)31-23-16-28(2,29)17-23/h4,7-12,19-20,23H,3,5-6,13-17H2,1-2H3,(H,30,31)/t19-,20-,23?,28?/m0/s1. The molecule has 2 aliphatic carbocycles. The van der Waals surface area contributed by atoms with Crippen molar-refractivity contribution in [3.8, 4) is 0 Å². The van der Waals surface area contributed by atoms with Crippen LogP contribution in [0.3, 0.4) is 0 Å². The van der Waals surface area contributed by atoms with Gasteiger partial charge in [-0.3, -0.25) is 4.79 Å². The van der Waals surface area contributed by atoms with Crippen LogP contribution in [0.25, 0.3) is 0 Å². The number of aromatic nitrogens is 5. The van der Waals surface area contributed by atoms with Crippen LogP contribution in [0, 0.1) is 6.92 Å². The van der Waals surface area contributed by atoms with Crippen molar-refractivity contribution in [3.05, 3.63) is 70.9 Å². The van der Waals surface area contributed by atoms with Crippen molar-refractivity contribution in [2.75, 3.05) is 5.32 Å². The van der Waals surface area contributed by atoms with Crippen molar-refractivity contribution in [1.29, 1.82) is 0 Å². The highest BCUT2D eigenvalue weighted by atomic mass is 19.1. The second kappa shape index (κ2) is 10.4. The normalized spacial score (nSPS) is 25.7. The van der Waals surface area contributed by atoms with E-state index in [4.69, 9.17) is 0 Å². The molecule has 8 heteroatoms. The Morgan fingerprint density at radius 2 is 1.64 bits per heavy atom. The Morgan fingerprint density at radius 1 is 0.944 bits per heavy atom. The first-order valence-electron chi connectivity index (χ1n) is 12.9. The lowest BCUT2D eigenvalue weighted by atomic mass is 9.78. The molecule has 188 valence electrons. The molecule has 0 saturated heterocycles. The monoisotopic (exact) mass is 488 g/mol. The average Bonchev–Trinajstić information content (AvgIpc) is 2.84. The third kappa shape index (κ3) is 6.09. The number of aryl methyl sites for hydroxylation is 1. The molecule has 7 nitrogen and oxygen atoms in total. The highest BCUT2D eigenvalue weighted by Crippen LogP contribution is 2.40. The van der Waals surface area contributed by atoms with Crippen LogP contribution in [-0.4, -0.2) is 42.9 Å². The topological polar surface area (TPSA) is 93.6 Å². The minimum Gasteiger partial charge on any atom is -0.367 e. The van der Waals surface area contributed by atoms with Gasteiger partial charge in [-0.05, 0) is 69.5 Å². The number of carbonyl (C=O) groups excluding carboxylic acids is 1. The van der Waals surface area contributed by atoms with Crippen LogP contribution in [0.5, 0.6) is 0 Å². The minimum absolute atomic E-state index is 0.0392. The van der Waals surface area contributed by atoms with Crippen LogP contribution >= 0.6 is 0 Å². The number of pyridine rings is 1. The maximum atomic E-state index is 13.7. The molecule has 2 aliphatic rings. The van der Waals surface area contributed by atoms with Gasteiger partial charge in [0.1, 0.15) is 17.3 Å². The molecule has 2 fully saturated rings. The zero-order chi connectivity index (χ0) is 25.1. The van der Waals surface area contributed by atoms with E-state index < -0.39 is 5.67 Å². The molecule has 0 amide bonds. The van der Waals surface area contributed by atoms with Gasteiger partial charge in [0.05, 0.1) is 34.9 Å². The highest BCUT2D eigenvalue weighted by molar-refractivity contribution is 5.82. The lowest BCUT2D eigenvalue weighted by Gasteiger charge is -2.39. The number of nitrogens with one attached hydrogen (secondary N) is 1. The van der Waals surface area contributed by atoms with E-state index in [2.05, 4.69) is 36.8 Å². The van der Waals surface area contributed by atoms with Gasteiger partial charge in [0.2, 0.25) is 0 Å². The fourth-order valence-electron chi connectivity index (χ4n) is 5.44. The summed E-state index contributed by atoms with van der Waals surface area (Å²) < 4.78 is 13.7. The van der Waals surface area contributed by atoms with E-state index in [9.17, 15) is 9.18 Å². The Labute approximate surface area is 211 Å². The molecule has 0 aromatic carbocycles. The predicted molar refractivity (Wildman–Crippen MR) is 136 cm³/mol. The van der Waals surface area contributed by atoms with Crippen molar-refractivity contribution < 1.29 is 9.18 Å². The summed E-state index contributed by atoms with van der Waals surface area (Å²) in [6, 6.07) is 13.7. The number of Topliss-reactive ketones (excluding diaryl/α,β-unsaturated/α-hetero) is 1. The average molecular weight is 489 g/mol. The fraction of sp³-hybridized carbons (Fsp3) is 0.500. The summed E-state index contributed by atoms with van der Waals surface area (Å²) in [6.07, 6.45) is 5.74. The van der Waals surface area contributed by atoms with Gasteiger partial charge in [-0.1, -0.05) is 12.5 Å². The van der Waals surface area contributed by atoms with E-state index in [1.807, 2.05) is 43.3 Å². The second-order valence-electron chi connectivity index (χ2n) is 10.7. The Kier molecular flexibility index (Phi) is 7.03. The Morgan fingerprint density at radius 3 is 2.28 bits per heavy atom. The molecule has 1 N–H and O–H groups in total. The highest BCUT2D eigenvalue weighted by Gasteiger charge is 2.40. The van der Waals surface area contributed by atoms with Crippen molar-refractivity contribution in [1.82, 2.24) is 25.4 Å². The largest absolute Gasteiger partial charge is 0.367 e. The summed E-state index contributed by atoms with van der Waals surface area (Å²) in [5.41, 5.74) is 3.26. The summed E-state index contributed by atoms with van der Waals surface area (Å²) >= 11 is 0. The van der Waals surface area contributed by atoms with Crippen molar-refractivity contribution in [2.45, 2.75) is 88.8 Å². The van der Waals surface area contributed by atoms with Gasteiger partial charge in [0, 0.05) is 37.1 Å². The maximum Gasteiger partial charge on any atom is 0.144 e. The van der Waals surface area contributed by atoms with E-state index in [1.165, 1.54) is 0 Å². The lowest BCUT2D eigenvalue weighted by Crippen LogP contribution is -2.45. The number of ketones is 1. The van der Waals surface area contributed by atoms with E-state index >= 15 is 0 Å². The lowest BCUT2D eigenvalue weighted by molar-refractivity contribution is -0.117. The molecule has 0 bridgehead atoms. The fourth-order valence-corrected chi connectivity index (χ4v) is 5.44. The number of hydrogen-bond donors (Lipinski definition) is 1. The van der Waals surface area contributed by atoms with Gasteiger partial charge in [0.15, 0.2) is 0 Å². The second-order valence-corrected chi connectivity index (χ2v) is 10.7. The first-order valence-corrected chi connectivity index (χ1v) is 12.9. The molecule has 2 saturated carbocycles. The van der Waals surface area contributed by atoms with E-state index in [-0.39, 0.29) is 24.7 Å². The number of halogens is 1. The number of carbonyl (C=O) groups is 1. The van der Waals surface area contributed by atoms with Crippen LogP contribution < -0.4 is 5.32 Å². The molecule has 0 spiro atoms. The van der Waals surface area contributed by atoms with Crippen LogP contribution in [0.4, 0.5) is 10.2 Å². The molecule has 0 aliphatic heterocycles. The van der Waals surface area contributed by atoms with Crippen LogP contribution in [0.1, 0.15) is 85.8 Å². The summed E-state index contributed by atoms with van der Waals surface area (Å²) in [7, 11) is 0. The molecule has 5 rings (SSSR count). The van der Waals surface area contributed by atoms with Gasteiger partial charge in [-0.15, -0.1) is 0 Å². The zero-order valence-corrected chi connectivity index (χ0v) is 21.0. The van der Waals surface area contributed by atoms with E-state index in [0.29, 0.717) is 41.9 Å². The number of alkyl halides is 1. The summed E-state index contributed by atoms with van der Waals surface area (Å²) in [4.78, 5) is 17.2. The third-order valence-corrected chi connectivity index (χ3v) is 7.33. The van der Waals surface area contributed by atoms with Crippen LogP contribution in [0.2, 0.25) is 0 Å².